The molecule has 2 aromatic carbocycles. The highest BCUT2D eigenvalue weighted by Gasteiger charge is 2.18. The zero-order valence-electron chi connectivity index (χ0n) is 12.2. The minimum atomic E-state index is -3.69. The van der Waals surface area contributed by atoms with Gasteiger partial charge in [0.2, 0.25) is 0 Å². The van der Waals surface area contributed by atoms with E-state index in [1.165, 1.54) is 0 Å². The summed E-state index contributed by atoms with van der Waals surface area (Å²) in [6.07, 6.45) is 1.94. The molecule has 0 fully saturated rings. The molecule has 0 spiro atoms. The van der Waals surface area contributed by atoms with Crippen LogP contribution in [-0.4, -0.2) is 14.7 Å². The van der Waals surface area contributed by atoms with Crippen molar-refractivity contribution < 1.29 is 8.42 Å². The molecule has 0 aliphatic carbocycles. The summed E-state index contributed by atoms with van der Waals surface area (Å²) in [5.74, 6) is 0. The smallest absolute Gasteiger partial charge is 0.263 e. The fourth-order valence-electron chi connectivity index (χ4n) is 1.94. The fraction of sp³-hybridized carbons (Fsp3) is 0.200. The SMILES string of the molecule is CSc1cccc(NS(=O)(=O)c2cc(C)c(C)cc2N)c1. The van der Waals surface area contributed by atoms with Crippen LogP contribution in [0.1, 0.15) is 11.1 Å². The van der Waals surface area contributed by atoms with Crippen molar-refractivity contribution in [1.82, 2.24) is 0 Å². The average Bonchev–Trinajstić information content (AvgIpc) is 2.42. The molecule has 2 aromatic rings. The second-order valence-electron chi connectivity index (χ2n) is 4.81. The van der Waals surface area contributed by atoms with Gasteiger partial charge < -0.3 is 5.73 Å². The Bertz CT molecular complexity index is 771. The predicted molar refractivity (Wildman–Crippen MR) is 89.4 cm³/mol. The van der Waals surface area contributed by atoms with Crippen LogP contribution in [0.3, 0.4) is 0 Å². The van der Waals surface area contributed by atoms with Crippen LogP contribution in [0.4, 0.5) is 11.4 Å². The minimum absolute atomic E-state index is 0.111. The lowest BCUT2D eigenvalue weighted by Crippen LogP contribution is -2.15. The van der Waals surface area contributed by atoms with E-state index in [0.29, 0.717) is 5.69 Å². The van der Waals surface area contributed by atoms with Gasteiger partial charge in [0.05, 0.1) is 5.69 Å². The Morgan fingerprint density at radius 1 is 1.10 bits per heavy atom. The molecule has 0 bridgehead atoms. The van der Waals surface area contributed by atoms with E-state index in [-0.39, 0.29) is 10.6 Å². The number of hydrogen-bond donors (Lipinski definition) is 2. The number of aryl methyl sites for hydroxylation is 2. The molecule has 0 saturated heterocycles. The van der Waals surface area contributed by atoms with Gasteiger partial charge in [-0.2, -0.15) is 0 Å². The molecule has 0 aliphatic rings. The van der Waals surface area contributed by atoms with Gasteiger partial charge in [-0.15, -0.1) is 11.8 Å². The van der Waals surface area contributed by atoms with Crippen LogP contribution in [0.25, 0.3) is 0 Å². The summed E-state index contributed by atoms with van der Waals surface area (Å²) < 4.78 is 27.6. The number of sulfonamides is 1. The lowest BCUT2D eigenvalue weighted by atomic mass is 10.1. The highest BCUT2D eigenvalue weighted by molar-refractivity contribution is 7.98. The van der Waals surface area contributed by atoms with Crippen molar-refractivity contribution in [3.63, 3.8) is 0 Å². The zero-order chi connectivity index (χ0) is 15.6. The molecule has 0 saturated carbocycles. The van der Waals surface area contributed by atoms with Crippen molar-refractivity contribution in [2.45, 2.75) is 23.6 Å². The number of rotatable bonds is 4. The molecule has 21 heavy (non-hydrogen) atoms. The highest BCUT2D eigenvalue weighted by atomic mass is 32.2. The van der Waals surface area contributed by atoms with Crippen LogP contribution in [0, 0.1) is 13.8 Å². The Balaban J connectivity index is 2.40. The van der Waals surface area contributed by atoms with Crippen molar-refractivity contribution in [3.8, 4) is 0 Å². The number of thioether (sulfide) groups is 1. The van der Waals surface area contributed by atoms with E-state index in [1.807, 2.05) is 32.2 Å². The Morgan fingerprint density at radius 2 is 1.76 bits per heavy atom. The maximum absolute atomic E-state index is 12.5. The van der Waals surface area contributed by atoms with Crippen molar-refractivity contribution in [1.29, 1.82) is 0 Å². The lowest BCUT2D eigenvalue weighted by Gasteiger charge is -2.12. The maximum atomic E-state index is 12.5. The topological polar surface area (TPSA) is 72.2 Å². The third-order valence-corrected chi connectivity index (χ3v) is 5.40. The molecule has 0 aromatic heterocycles. The Morgan fingerprint density at radius 3 is 2.43 bits per heavy atom. The van der Waals surface area contributed by atoms with Crippen LogP contribution < -0.4 is 10.5 Å². The van der Waals surface area contributed by atoms with Gasteiger partial charge in [0, 0.05) is 10.6 Å². The number of nitrogens with two attached hydrogens (primary N) is 1. The molecule has 0 radical (unpaired) electrons. The van der Waals surface area contributed by atoms with Crippen LogP contribution in [0.2, 0.25) is 0 Å². The highest BCUT2D eigenvalue weighted by Crippen LogP contribution is 2.26. The van der Waals surface area contributed by atoms with Gasteiger partial charge in [0.1, 0.15) is 4.90 Å². The Labute approximate surface area is 129 Å². The quantitative estimate of drug-likeness (QED) is 0.668. The summed E-state index contributed by atoms with van der Waals surface area (Å²) in [6, 6.07) is 10.5. The van der Waals surface area contributed by atoms with Gasteiger partial charge in [-0.25, -0.2) is 8.42 Å². The summed E-state index contributed by atoms with van der Waals surface area (Å²) >= 11 is 1.55. The zero-order valence-corrected chi connectivity index (χ0v) is 13.8. The van der Waals surface area contributed by atoms with Crippen molar-refractivity contribution in [2.24, 2.45) is 0 Å². The predicted octanol–water partition coefficient (Wildman–Crippen LogP) is 3.41. The molecule has 112 valence electrons. The Kier molecular flexibility index (Phi) is 4.49. The molecular formula is C15H18N2O2S2. The Hall–Kier alpha value is -1.66. The molecule has 0 aliphatic heterocycles. The number of benzene rings is 2. The van der Waals surface area contributed by atoms with Crippen molar-refractivity contribution >= 4 is 33.2 Å². The molecule has 0 heterocycles. The third kappa shape index (κ3) is 3.51. The molecule has 3 N–H and O–H groups in total. The second-order valence-corrected chi connectivity index (χ2v) is 7.34. The van der Waals surface area contributed by atoms with Crippen LogP contribution in [0.5, 0.6) is 0 Å². The maximum Gasteiger partial charge on any atom is 0.263 e. The summed E-state index contributed by atoms with van der Waals surface area (Å²) in [5.41, 5.74) is 8.51. The van der Waals surface area contributed by atoms with E-state index in [1.54, 1.807) is 36.0 Å². The lowest BCUT2D eigenvalue weighted by molar-refractivity contribution is 0.601. The van der Waals surface area contributed by atoms with Gasteiger partial charge >= 0.3 is 0 Å². The average molecular weight is 322 g/mol. The first-order chi connectivity index (χ1) is 9.83. The second kappa shape index (κ2) is 5.99. The number of anilines is 2. The molecule has 0 amide bonds. The largest absolute Gasteiger partial charge is 0.398 e. The number of nitrogens with one attached hydrogen (secondary N) is 1. The minimum Gasteiger partial charge on any atom is -0.398 e. The monoisotopic (exact) mass is 322 g/mol. The molecule has 2 rings (SSSR count). The van der Waals surface area contributed by atoms with Crippen molar-refractivity contribution in [3.05, 3.63) is 47.5 Å². The van der Waals surface area contributed by atoms with E-state index in [2.05, 4.69) is 4.72 Å². The van der Waals surface area contributed by atoms with Gasteiger partial charge in [0.15, 0.2) is 0 Å². The van der Waals surface area contributed by atoms with E-state index < -0.39 is 10.0 Å². The number of hydrogen-bond acceptors (Lipinski definition) is 4. The van der Waals surface area contributed by atoms with Crippen LogP contribution in [-0.2, 0) is 10.0 Å². The first-order valence-electron chi connectivity index (χ1n) is 6.37. The summed E-state index contributed by atoms with van der Waals surface area (Å²) in [7, 11) is -3.69. The van der Waals surface area contributed by atoms with E-state index >= 15 is 0 Å². The van der Waals surface area contributed by atoms with Crippen LogP contribution >= 0.6 is 11.8 Å². The third-order valence-electron chi connectivity index (χ3n) is 3.24. The van der Waals surface area contributed by atoms with Crippen molar-refractivity contribution in [2.75, 3.05) is 16.7 Å². The van der Waals surface area contributed by atoms with E-state index in [0.717, 1.165) is 16.0 Å². The van der Waals surface area contributed by atoms with E-state index in [4.69, 9.17) is 5.73 Å². The summed E-state index contributed by atoms with van der Waals surface area (Å²) in [6.45, 7) is 3.76. The van der Waals surface area contributed by atoms with Gasteiger partial charge in [-0.3, -0.25) is 4.72 Å². The fourth-order valence-corrected chi connectivity index (χ4v) is 3.65. The molecule has 4 nitrogen and oxygen atoms in total. The van der Waals surface area contributed by atoms with Gasteiger partial charge in [0.25, 0.3) is 10.0 Å². The molecule has 6 heteroatoms. The first-order valence-corrected chi connectivity index (χ1v) is 9.08. The van der Waals surface area contributed by atoms with Gasteiger partial charge in [-0.1, -0.05) is 6.07 Å². The summed E-state index contributed by atoms with van der Waals surface area (Å²) in [4.78, 5) is 1.10. The first kappa shape index (κ1) is 15.7. The summed E-state index contributed by atoms with van der Waals surface area (Å²) in [5, 5.41) is 0. The number of nitrogen functional groups attached to an aromatic ring is 1. The standard InChI is InChI=1S/C15H18N2O2S2/c1-10-7-14(16)15(8-11(10)2)21(18,19)17-12-5-4-6-13(9-12)20-3/h4-9,17H,16H2,1-3H3. The van der Waals surface area contributed by atoms with Gasteiger partial charge in [-0.05, 0) is 61.6 Å². The molecular weight excluding hydrogens is 304 g/mol. The van der Waals surface area contributed by atoms with Crippen LogP contribution in [0.15, 0.2) is 46.2 Å². The normalized spacial score (nSPS) is 11.4. The molecule has 0 atom stereocenters. The van der Waals surface area contributed by atoms with E-state index in [9.17, 15) is 8.42 Å². The molecule has 0 unspecified atom stereocenters.